The van der Waals surface area contributed by atoms with Crippen molar-refractivity contribution in [1.82, 2.24) is 0 Å². The Balaban J connectivity index is 1.94. The number of amides is 1. The Bertz CT molecular complexity index is 1050. The van der Waals surface area contributed by atoms with Gasteiger partial charge in [-0.05, 0) is 56.2 Å². The van der Waals surface area contributed by atoms with E-state index in [-0.39, 0.29) is 5.91 Å². The number of anilines is 1. The van der Waals surface area contributed by atoms with Gasteiger partial charge in [0, 0.05) is 28.1 Å². The zero-order valence-corrected chi connectivity index (χ0v) is 17.0. The first-order valence-corrected chi connectivity index (χ1v) is 9.28. The molecule has 0 saturated carbocycles. The van der Waals surface area contributed by atoms with Crippen molar-refractivity contribution in [3.05, 3.63) is 58.8 Å². The Kier molecular flexibility index (Phi) is 5.95. The second-order valence-electron chi connectivity index (χ2n) is 6.36. The van der Waals surface area contributed by atoms with Crippen LogP contribution in [0.3, 0.4) is 0 Å². The molecule has 1 amide bonds. The van der Waals surface area contributed by atoms with Gasteiger partial charge in [0.1, 0.15) is 17.1 Å². The van der Waals surface area contributed by atoms with Gasteiger partial charge in [0.05, 0.1) is 25.7 Å². The van der Waals surface area contributed by atoms with E-state index in [0.29, 0.717) is 28.8 Å². The van der Waals surface area contributed by atoms with Crippen molar-refractivity contribution in [1.29, 1.82) is 0 Å². The molecule has 0 fully saturated rings. The summed E-state index contributed by atoms with van der Waals surface area (Å²) in [5, 5.41) is 4.31. The minimum Gasteiger partial charge on any atom is -0.495 e. The van der Waals surface area contributed by atoms with Crippen molar-refractivity contribution in [2.24, 2.45) is 0 Å². The monoisotopic (exact) mass is 399 g/mol. The molecule has 2 aromatic carbocycles. The maximum atomic E-state index is 12.6. The van der Waals surface area contributed by atoms with Crippen molar-refractivity contribution in [3.63, 3.8) is 0 Å². The molecule has 0 aliphatic carbocycles. The number of allylic oxidation sites excluding steroid dienone is 1. The van der Waals surface area contributed by atoms with Crippen LogP contribution in [-0.4, -0.2) is 19.6 Å². The Morgan fingerprint density at radius 3 is 2.75 bits per heavy atom. The summed E-state index contributed by atoms with van der Waals surface area (Å²) in [6, 6.07) is 8.90. The van der Waals surface area contributed by atoms with E-state index in [1.807, 2.05) is 32.9 Å². The van der Waals surface area contributed by atoms with Crippen molar-refractivity contribution in [3.8, 4) is 11.5 Å². The molecule has 5 nitrogen and oxygen atoms in total. The van der Waals surface area contributed by atoms with E-state index in [1.54, 1.807) is 24.5 Å². The average molecular weight is 400 g/mol. The number of hydrogen-bond acceptors (Lipinski definition) is 4. The lowest BCUT2D eigenvalue weighted by Crippen LogP contribution is -2.10. The van der Waals surface area contributed by atoms with E-state index in [4.69, 9.17) is 25.5 Å². The van der Waals surface area contributed by atoms with Gasteiger partial charge in [0.25, 0.3) is 0 Å². The van der Waals surface area contributed by atoms with Gasteiger partial charge < -0.3 is 19.2 Å². The molecule has 1 N–H and O–H groups in total. The molecule has 28 heavy (non-hydrogen) atoms. The van der Waals surface area contributed by atoms with Gasteiger partial charge in [0.15, 0.2) is 0 Å². The van der Waals surface area contributed by atoms with Crippen molar-refractivity contribution < 1.29 is 18.7 Å². The molecule has 0 saturated heterocycles. The van der Waals surface area contributed by atoms with Crippen molar-refractivity contribution in [2.75, 3.05) is 19.0 Å². The molecule has 0 aliphatic rings. The highest BCUT2D eigenvalue weighted by atomic mass is 35.5. The minimum absolute atomic E-state index is 0.287. The Hall–Kier alpha value is -2.92. The first-order valence-electron chi connectivity index (χ1n) is 8.90. The van der Waals surface area contributed by atoms with Gasteiger partial charge in [-0.1, -0.05) is 11.6 Å². The molecular formula is C22H22ClNO4. The fraction of sp³-hybridized carbons (Fsp3) is 0.227. The third kappa shape index (κ3) is 4.15. The number of ether oxygens (including phenoxy) is 2. The predicted octanol–water partition coefficient (Wildman–Crippen LogP) is 5.84. The Labute approximate surface area is 168 Å². The molecule has 0 aliphatic heterocycles. The Morgan fingerprint density at radius 1 is 1.25 bits per heavy atom. The lowest BCUT2D eigenvalue weighted by atomic mass is 10.0. The molecule has 0 bridgehead atoms. The Morgan fingerprint density at radius 2 is 2.04 bits per heavy atom. The van der Waals surface area contributed by atoms with Crippen LogP contribution in [0.5, 0.6) is 11.5 Å². The number of carbonyl (C=O) groups is 1. The summed E-state index contributed by atoms with van der Waals surface area (Å²) < 4.78 is 16.6. The average Bonchev–Trinajstić information content (AvgIpc) is 3.01. The van der Waals surface area contributed by atoms with Crippen LogP contribution in [0.25, 0.3) is 16.5 Å². The molecule has 0 spiro atoms. The van der Waals surface area contributed by atoms with Crippen LogP contribution in [-0.2, 0) is 4.79 Å². The first kappa shape index (κ1) is 19.8. The van der Waals surface area contributed by atoms with E-state index in [1.165, 1.54) is 13.2 Å². The van der Waals surface area contributed by atoms with Crippen molar-refractivity contribution >= 4 is 39.7 Å². The molecule has 3 rings (SSSR count). The highest BCUT2D eigenvalue weighted by Crippen LogP contribution is 2.34. The fourth-order valence-corrected chi connectivity index (χ4v) is 3.16. The summed E-state index contributed by atoms with van der Waals surface area (Å²) >= 11 is 6.03. The van der Waals surface area contributed by atoms with Crippen LogP contribution in [0.4, 0.5) is 5.69 Å². The number of nitrogens with one attached hydrogen (secondary N) is 1. The third-order valence-corrected chi connectivity index (χ3v) is 4.60. The highest BCUT2D eigenvalue weighted by molar-refractivity contribution is 6.31. The second-order valence-corrected chi connectivity index (χ2v) is 6.79. The summed E-state index contributed by atoms with van der Waals surface area (Å²) in [5.74, 6) is 0.921. The summed E-state index contributed by atoms with van der Waals surface area (Å²) in [6.45, 7) is 6.27. The number of benzene rings is 2. The summed E-state index contributed by atoms with van der Waals surface area (Å²) in [6.07, 6.45) is 3.24. The van der Waals surface area contributed by atoms with Crippen LogP contribution in [0.2, 0.25) is 5.02 Å². The normalized spacial score (nSPS) is 11.5. The number of halogens is 1. The number of hydrogen-bond donors (Lipinski definition) is 1. The minimum atomic E-state index is -0.287. The van der Waals surface area contributed by atoms with Crippen molar-refractivity contribution in [2.45, 2.75) is 20.8 Å². The van der Waals surface area contributed by atoms with Gasteiger partial charge in [-0.3, -0.25) is 4.79 Å². The first-order chi connectivity index (χ1) is 13.4. The largest absolute Gasteiger partial charge is 0.495 e. The predicted molar refractivity (Wildman–Crippen MR) is 112 cm³/mol. The number of carbonyl (C=O) groups excluding carboxylic acids is 1. The second kappa shape index (κ2) is 8.40. The number of methoxy groups -OCH3 is 1. The number of furan rings is 1. The standard InChI is InChI=1S/C22H22ClNO4/c1-5-27-20-11-21-17(14(3)12-28-21)10-16(20)13(2)8-22(25)24-18-9-15(23)6-7-19(18)26-4/h6-12H,5H2,1-4H3,(H,24,25)/b13-8+. The van der Waals surface area contributed by atoms with Gasteiger partial charge in [-0.25, -0.2) is 0 Å². The number of rotatable bonds is 6. The maximum absolute atomic E-state index is 12.6. The molecule has 0 atom stereocenters. The lowest BCUT2D eigenvalue weighted by molar-refractivity contribution is -0.111. The molecule has 0 radical (unpaired) electrons. The SMILES string of the molecule is CCOc1cc2occ(C)c2cc1/C(C)=C/C(=O)Nc1cc(Cl)ccc1OC. The third-order valence-electron chi connectivity index (χ3n) is 4.36. The molecule has 0 unspecified atom stereocenters. The summed E-state index contributed by atoms with van der Waals surface area (Å²) in [5.41, 5.74) is 3.90. The number of fused-ring (bicyclic) bond motifs is 1. The van der Waals surface area contributed by atoms with Crippen LogP contribution in [0.15, 0.2) is 47.1 Å². The van der Waals surface area contributed by atoms with Gasteiger partial charge in [-0.15, -0.1) is 0 Å². The fourth-order valence-electron chi connectivity index (χ4n) is 2.99. The quantitative estimate of drug-likeness (QED) is 0.528. The van der Waals surface area contributed by atoms with E-state index < -0.39 is 0 Å². The van der Waals surface area contributed by atoms with Crippen LogP contribution >= 0.6 is 11.6 Å². The van der Waals surface area contributed by atoms with Gasteiger partial charge >= 0.3 is 0 Å². The van der Waals surface area contributed by atoms with E-state index >= 15 is 0 Å². The molecular weight excluding hydrogens is 378 g/mol. The number of aryl methyl sites for hydroxylation is 1. The molecule has 6 heteroatoms. The van der Waals surface area contributed by atoms with Gasteiger partial charge in [0.2, 0.25) is 5.91 Å². The highest BCUT2D eigenvalue weighted by Gasteiger charge is 2.13. The zero-order chi connectivity index (χ0) is 20.3. The molecule has 3 aromatic rings. The summed E-state index contributed by atoms with van der Waals surface area (Å²) in [7, 11) is 1.54. The van der Waals surface area contributed by atoms with Gasteiger partial charge in [-0.2, -0.15) is 0 Å². The van der Waals surface area contributed by atoms with Crippen LogP contribution in [0, 0.1) is 6.92 Å². The maximum Gasteiger partial charge on any atom is 0.248 e. The van der Waals surface area contributed by atoms with E-state index in [0.717, 1.165) is 27.7 Å². The lowest BCUT2D eigenvalue weighted by Gasteiger charge is -2.12. The molecule has 146 valence electrons. The smallest absolute Gasteiger partial charge is 0.248 e. The molecule has 1 aromatic heterocycles. The van der Waals surface area contributed by atoms with Crippen LogP contribution in [0.1, 0.15) is 25.0 Å². The zero-order valence-electron chi connectivity index (χ0n) is 16.3. The molecule has 1 heterocycles. The topological polar surface area (TPSA) is 60.7 Å². The van der Waals surface area contributed by atoms with E-state index in [9.17, 15) is 4.79 Å². The summed E-state index contributed by atoms with van der Waals surface area (Å²) in [4.78, 5) is 12.6. The van der Waals surface area contributed by atoms with E-state index in [2.05, 4.69) is 5.32 Å². The van der Waals surface area contributed by atoms with Crippen LogP contribution < -0.4 is 14.8 Å².